The van der Waals surface area contributed by atoms with Crippen LogP contribution in [0.25, 0.3) is 0 Å². The predicted octanol–water partition coefficient (Wildman–Crippen LogP) is 3.93. The Labute approximate surface area is 102 Å². The van der Waals surface area contributed by atoms with Gasteiger partial charge in [-0.25, -0.2) is 0 Å². The number of rotatable bonds is 2. The SMILES string of the molecule is Clc1ccc(Sc2ccc(Cl)nn2)cc1. The van der Waals surface area contributed by atoms with E-state index in [4.69, 9.17) is 23.2 Å². The smallest absolute Gasteiger partial charge is 0.142 e. The molecule has 0 fully saturated rings. The largest absolute Gasteiger partial charge is 0.151 e. The Morgan fingerprint density at radius 1 is 0.867 bits per heavy atom. The third-order valence-electron chi connectivity index (χ3n) is 1.64. The second kappa shape index (κ2) is 4.84. The Balaban J connectivity index is 2.15. The molecule has 0 atom stereocenters. The Morgan fingerprint density at radius 2 is 1.60 bits per heavy atom. The molecule has 0 aliphatic carbocycles. The van der Waals surface area contributed by atoms with E-state index in [1.165, 1.54) is 11.8 Å². The molecule has 2 aromatic rings. The second-order valence-electron chi connectivity index (χ2n) is 2.75. The lowest BCUT2D eigenvalue weighted by molar-refractivity contribution is 0.930. The zero-order valence-corrected chi connectivity index (χ0v) is 9.85. The lowest BCUT2D eigenvalue weighted by atomic mass is 10.4. The van der Waals surface area contributed by atoms with Gasteiger partial charge in [-0.2, -0.15) is 0 Å². The summed E-state index contributed by atoms with van der Waals surface area (Å²) < 4.78 is 0. The summed E-state index contributed by atoms with van der Waals surface area (Å²) in [6.07, 6.45) is 0. The molecular weight excluding hydrogens is 251 g/mol. The van der Waals surface area contributed by atoms with Crippen molar-refractivity contribution in [3.63, 3.8) is 0 Å². The average Bonchev–Trinajstić information content (AvgIpc) is 2.25. The van der Waals surface area contributed by atoms with E-state index in [0.29, 0.717) is 5.15 Å². The number of benzene rings is 1. The molecule has 0 aliphatic heterocycles. The third kappa shape index (κ3) is 3.09. The van der Waals surface area contributed by atoms with Crippen LogP contribution >= 0.6 is 35.0 Å². The molecule has 76 valence electrons. The van der Waals surface area contributed by atoms with Crippen LogP contribution in [0, 0.1) is 0 Å². The van der Waals surface area contributed by atoms with Crippen LogP contribution in [-0.2, 0) is 0 Å². The van der Waals surface area contributed by atoms with Gasteiger partial charge in [0.15, 0.2) is 5.15 Å². The summed E-state index contributed by atoms with van der Waals surface area (Å²) in [6, 6.07) is 11.1. The van der Waals surface area contributed by atoms with E-state index >= 15 is 0 Å². The van der Waals surface area contributed by atoms with Gasteiger partial charge in [0.2, 0.25) is 0 Å². The standard InChI is InChI=1S/C10H6Cl2N2S/c11-7-1-3-8(4-2-7)15-10-6-5-9(12)13-14-10/h1-6H. The number of nitrogens with zero attached hydrogens (tertiary/aromatic N) is 2. The highest BCUT2D eigenvalue weighted by Crippen LogP contribution is 2.26. The molecule has 2 nitrogen and oxygen atoms in total. The van der Waals surface area contributed by atoms with Crippen LogP contribution in [0.3, 0.4) is 0 Å². The van der Waals surface area contributed by atoms with E-state index in [2.05, 4.69) is 10.2 Å². The molecule has 0 saturated heterocycles. The first-order valence-electron chi connectivity index (χ1n) is 4.17. The summed E-state index contributed by atoms with van der Waals surface area (Å²) in [4.78, 5) is 1.07. The van der Waals surface area contributed by atoms with Gasteiger partial charge in [-0.1, -0.05) is 35.0 Å². The van der Waals surface area contributed by atoms with Crippen LogP contribution < -0.4 is 0 Å². The van der Waals surface area contributed by atoms with Crippen LogP contribution in [0.4, 0.5) is 0 Å². The van der Waals surface area contributed by atoms with Gasteiger partial charge in [0.25, 0.3) is 0 Å². The molecule has 0 N–H and O–H groups in total. The summed E-state index contributed by atoms with van der Waals surface area (Å²) >= 11 is 12.9. The summed E-state index contributed by atoms with van der Waals surface area (Å²) in [5.74, 6) is 0. The Bertz CT molecular complexity index is 398. The molecule has 1 aromatic heterocycles. The fraction of sp³-hybridized carbons (Fsp3) is 0. The monoisotopic (exact) mass is 256 g/mol. The summed E-state index contributed by atoms with van der Waals surface area (Å²) in [5.41, 5.74) is 0. The first kappa shape index (κ1) is 10.7. The molecule has 0 bridgehead atoms. The molecule has 15 heavy (non-hydrogen) atoms. The second-order valence-corrected chi connectivity index (χ2v) is 4.67. The lowest BCUT2D eigenvalue weighted by Crippen LogP contribution is -1.84. The summed E-state index contributed by atoms with van der Waals surface area (Å²) in [6.45, 7) is 0. The zero-order chi connectivity index (χ0) is 10.7. The van der Waals surface area contributed by atoms with E-state index in [9.17, 15) is 0 Å². The van der Waals surface area contributed by atoms with Crippen molar-refractivity contribution in [1.29, 1.82) is 0 Å². The van der Waals surface area contributed by atoms with Crippen molar-refractivity contribution in [2.45, 2.75) is 9.92 Å². The third-order valence-corrected chi connectivity index (χ3v) is 3.03. The van der Waals surface area contributed by atoms with Gasteiger partial charge in [0.05, 0.1) is 0 Å². The summed E-state index contributed by atoms with van der Waals surface area (Å²) in [7, 11) is 0. The zero-order valence-electron chi connectivity index (χ0n) is 7.52. The van der Waals surface area contributed by atoms with Crippen LogP contribution in [0.15, 0.2) is 46.3 Å². The van der Waals surface area contributed by atoms with E-state index in [1.807, 2.05) is 30.3 Å². The van der Waals surface area contributed by atoms with Crippen molar-refractivity contribution in [2.24, 2.45) is 0 Å². The maximum atomic E-state index is 5.78. The molecule has 0 radical (unpaired) electrons. The van der Waals surface area contributed by atoms with Gasteiger partial charge in [0.1, 0.15) is 5.03 Å². The Hall–Kier alpha value is -0.770. The quantitative estimate of drug-likeness (QED) is 0.815. The van der Waals surface area contributed by atoms with Crippen molar-refractivity contribution >= 4 is 35.0 Å². The van der Waals surface area contributed by atoms with Gasteiger partial charge in [-0.3, -0.25) is 0 Å². The van der Waals surface area contributed by atoms with Crippen LogP contribution in [0.2, 0.25) is 10.2 Å². The maximum Gasteiger partial charge on any atom is 0.151 e. The highest BCUT2D eigenvalue weighted by atomic mass is 35.5. The molecule has 1 aromatic carbocycles. The highest BCUT2D eigenvalue weighted by Gasteiger charge is 1.99. The topological polar surface area (TPSA) is 25.8 Å². The van der Waals surface area contributed by atoms with Crippen LogP contribution in [-0.4, -0.2) is 10.2 Å². The molecule has 5 heteroatoms. The first-order valence-corrected chi connectivity index (χ1v) is 5.74. The van der Waals surface area contributed by atoms with Crippen molar-refractivity contribution in [3.8, 4) is 0 Å². The van der Waals surface area contributed by atoms with Gasteiger partial charge >= 0.3 is 0 Å². The molecule has 0 unspecified atom stereocenters. The summed E-state index contributed by atoms with van der Waals surface area (Å²) in [5, 5.41) is 9.63. The molecule has 0 spiro atoms. The van der Waals surface area contributed by atoms with Crippen molar-refractivity contribution in [3.05, 3.63) is 46.6 Å². The minimum Gasteiger partial charge on any atom is -0.142 e. The van der Waals surface area contributed by atoms with Gasteiger partial charge in [-0.05, 0) is 36.4 Å². The van der Waals surface area contributed by atoms with Crippen LogP contribution in [0.5, 0.6) is 0 Å². The van der Waals surface area contributed by atoms with Gasteiger partial charge in [0, 0.05) is 9.92 Å². The molecule has 1 heterocycles. The molecule has 0 amide bonds. The minimum atomic E-state index is 0.399. The first-order chi connectivity index (χ1) is 7.24. The van der Waals surface area contributed by atoms with E-state index < -0.39 is 0 Å². The molecule has 2 rings (SSSR count). The molecule has 0 aliphatic rings. The van der Waals surface area contributed by atoms with E-state index in [-0.39, 0.29) is 0 Å². The maximum absolute atomic E-state index is 5.78. The number of hydrogen-bond acceptors (Lipinski definition) is 3. The average molecular weight is 257 g/mol. The Morgan fingerprint density at radius 3 is 2.20 bits per heavy atom. The molecular formula is C10H6Cl2N2S. The van der Waals surface area contributed by atoms with E-state index in [0.717, 1.165) is 14.9 Å². The highest BCUT2D eigenvalue weighted by molar-refractivity contribution is 7.99. The van der Waals surface area contributed by atoms with Crippen molar-refractivity contribution < 1.29 is 0 Å². The van der Waals surface area contributed by atoms with Gasteiger partial charge in [-0.15, -0.1) is 10.2 Å². The normalized spacial score (nSPS) is 10.3. The fourth-order valence-electron chi connectivity index (χ4n) is 0.982. The minimum absolute atomic E-state index is 0.399. The van der Waals surface area contributed by atoms with Crippen molar-refractivity contribution in [2.75, 3.05) is 0 Å². The predicted molar refractivity (Wildman–Crippen MR) is 62.6 cm³/mol. The van der Waals surface area contributed by atoms with E-state index in [1.54, 1.807) is 6.07 Å². The van der Waals surface area contributed by atoms with Crippen LogP contribution in [0.1, 0.15) is 0 Å². The number of aromatic nitrogens is 2. The van der Waals surface area contributed by atoms with Gasteiger partial charge < -0.3 is 0 Å². The number of halogens is 2. The van der Waals surface area contributed by atoms with Crippen molar-refractivity contribution in [1.82, 2.24) is 10.2 Å². The number of hydrogen-bond donors (Lipinski definition) is 0. The Kier molecular flexibility index (Phi) is 3.46. The molecule has 0 saturated carbocycles. The lowest BCUT2D eigenvalue weighted by Gasteiger charge is -1.99. The fourth-order valence-corrected chi connectivity index (χ4v) is 1.94.